The van der Waals surface area contributed by atoms with Crippen LogP contribution in [0.1, 0.15) is 22.8 Å². The van der Waals surface area contributed by atoms with Crippen LogP contribution in [0.5, 0.6) is 0 Å². The van der Waals surface area contributed by atoms with E-state index in [4.69, 9.17) is 0 Å². The molecular weight excluding hydrogens is 347 g/mol. The second-order valence-electron chi connectivity index (χ2n) is 6.29. The molecule has 1 amide bonds. The Bertz CT molecular complexity index is 1260. The Balaban J connectivity index is 1.83. The van der Waals surface area contributed by atoms with Crippen LogP contribution in [0.2, 0.25) is 0 Å². The number of nitrogens with one attached hydrogen (secondary N) is 1. The van der Waals surface area contributed by atoms with E-state index in [2.05, 4.69) is 10.4 Å². The van der Waals surface area contributed by atoms with Crippen molar-refractivity contribution in [3.8, 4) is 0 Å². The third kappa shape index (κ3) is 2.77. The summed E-state index contributed by atoms with van der Waals surface area (Å²) in [7, 11) is 0. The SMILES string of the molecule is CCn1c(=O)c2ccnn2c2ccc(C(=O)Nc3cc(F)ccc3C)cc21. The van der Waals surface area contributed by atoms with E-state index in [1.54, 1.807) is 52.5 Å². The predicted molar refractivity (Wildman–Crippen MR) is 102 cm³/mol. The highest BCUT2D eigenvalue weighted by molar-refractivity contribution is 6.06. The number of amides is 1. The summed E-state index contributed by atoms with van der Waals surface area (Å²) in [6, 6.07) is 11.0. The number of carbonyl (C=O) groups excluding carboxylic acids is 1. The normalized spacial score (nSPS) is 11.2. The van der Waals surface area contributed by atoms with Crippen molar-refractivity contribution in [1.82, 2.24) is 14.2 Å². The van der Waals surface area contributed by atoms with E-state index >= 15 is 0 Å². The molecule has 4 aromatic rings. The van der Waals surface area contributed by atoms with Crippen LogP contribution < -0.4 is 10.9 Å². The highest BCUT2D eigenvalue weighted by Gasteiger charge is 2.14. The fourth-order valence-corrected chi connectivity index (χ4v) is 3.20. The number of nitrogens with zero attached hydrogens (tertiary/aromatic N) is 3. The van der Waals surface area contributed by atoms with Gasteiger partial charge in [0.1, 0.15) is 11.3 Å². The summed E-state index contributed by atoms with van der Waals surface area (Å²) in [4.78, 5) is 25.3. The number of anilines is 1. The summed E-state index contributed by atoms with van der Waals surface area (Å²) in [5, 5.41) is 6.94. The van der Waals surface area contributed by atoms with E-state index in [0.717, 1.165) is 11.1 Å². The molecule has 6 nitrogen and oxygen atoms in total. The first-order chi connectivity index (χ1) is 13.0. The van der Waals surface area contributed by atoms with Crippen molar-refractivity contribution >= 4 is 28.1 Å². The lowest BCUT2D eigenvalue weighted by Gasteiger charge is -2.12. The minimum atomic E-state index is -0.421. The van der Waals surface area contributed by atoms with Gasteiger partial charge in [0.15, 0.2) is 0 Å². The van der Waals surface area contributed by atoms with Gasteiger partial charge >= 0.3 is 0 Å². The summed E-state index contributed by atoms with van der Waals surface area (Å²) >= 11 is 0. The molecule has 0 radical (unpaired) electrons. The van der Waals surface area contributed by atoms with Crippen LogP contribution in [-0.4, -0.2) is 20.1 Å². The Morgan fingerprint density at radius 1 is 1.11 bits per heavy atom. The maximum Gasteiger partial charge on any atom is 0.277 e. The zero-order valence-electron chi connectivity index (χ0n) is 14.9. The number of aryl methyl sites for hydroxylation is 2. The lowest BCUT2D eigenvalue weighted by Crippen LogP contribution is -2.23. The Morgan fingerprint density at radius 2 is 1.93 bits per heavy atom. The van der Waals surface area contributed by atoms with Crippen LogP contribution in [0, 0.1) is 12.7 Å². The van der Waals surface area contributed by atoms with E-state index in [1.807, 2.05) is 6.92 Å². The van der Waals surface area contributed by atoms with Gasteiger partial charge in [0, 0.05) is 17.8 Å². The third-order valence-electron chi connectivity index (χ3n) is 4.63. The summed E-state index contributed by atoms with van der Waals surface area (Å²) in [5.41, 5.74) is 3.21. The summed E-state index contributed by atoms with van der Waals surface area (Å²) < 4.78 is 16.6. The van der Waals surface area contributed by atoms with Gasteiger partial charge in [-0.15, -0.1) is 0 Å². The van der Waals surface area contributed by atoms with Crippen LogP contribution in [0.4, 0.5) is 10.1 Å². The Hall–Kier alpha value is -3.48. The fraction of sp³-hybridized carbons (Fsp3) is 0.150. The first-order valence-corrected chi connectivity index (χ1v) is 8.57. The zero-order chi connectivity index (χ0) is 19.1. The van der Waals surface area contributed by atoms with Crippen molar-refractivity contribution in [1.29, 1.82) is 0 Å². The number of rotatable bonds is 3. The highest BCUT2D eigenvalue weighted by Crippen LogP contribution is 2.20. The molecule has 2 aromatic heterocycles. The summed E-state index contributed by atoms with van der Waals surface area (Å²) in [6.07, 6.45) is 1.57. The van der Waals surface area contributed by atoms with Crippen LogP contribution in [0.3, 0.4) is 0 Å². The van der Waals surface area contributed by atoms with Crippen molar-refractivity contribution in [3.63, 3.8) is 0 Å². The van der Waals surface area contributed by atoms with Gasteiger partial charge < -0.3 is 9.88 Å². The number of hydrogen-bond acceptors (Lipinski definition) is 3. The predicted octanol–water partition coefficient (Wildman–Crippen LogP) is 3.37. The lowest BCUT2D eigenvalue weighted by atomic mass is 10.1. The molecule has 4 rings (SSSR count). The number of fused-ring (bicyclic) bond motifs is 3. The van der Waals surface area contributed by atoms with Crippen molar-refractivity contribution in [3.05, 3.63) is 76.0 Å². The summed E-state index contributed by atoms with van der Waals surface area (Å²) in [6.45, 7) is 4.13. The van der Waals surface area contributed by atoms with Gasteiger partial charge in [-0.05, 0) is 55.8 Å². The summed E-state index contributed by atoms with van der Waals surface area (Å²) in [5.74, 6) is -0.795. The maximum absolute atomic E-state index is 13.5. The molecule has 27 heavy (non-hydrogen) atoms. The molecule has 0 fully saturated rings. The number of hydrogen-bond donors (Lipinski definition) is 1. The number of benzene rings is 2. The fourth-order valence-electron chi connectivity index (χ4n) is 3.20. The molecule has 2 aromatic carbocycles. The molecule has 136 valence electrons. The second-order valence-corrected chi connectivity index (χ2v) is 6.29. The van der Waals surface area contributed by atoms with E-state index in [-0.39, 0.29) is 11.5 Å². The first kappa shape index (κ1) is 17.0. The van der Waals surface area contributed by atoms with Gasteiger partial charge in [-0.25, -0.2) is 8.91 Å². The van der Waals surface area contributed by atoms with Crippen LogP contribution in [-0.2, 0) is 6.54 Å². The van der Waals surface area contributed by atoms with Crippen molar-refractivity contribution in [2.24, 2.45) is 0 Å². The van der Waals surface area contributed by atoms with Crippen LogP contribution in [0.25, 0.3) is 16.6 Å². The van der Waals surface area contributed by atoms with Crippen molar-refractivity contribution in [2.45, 2.75) is 20.4 Å². The number of halogens is 1. The first-order valence-electron chi connectivity index (χ1n) is 8.57. The quantitative estimate of drug-likeness (QED) is 0.606. The molecule has 0 aliphatic rings. The molecule has 7 heteroatoms. The molecule has 0 aliphatic carbocycles. The molecule has 0 bridgehead atoms. The number of aromatic nitrogens is 3. The third-order valence-corrected chi connectivity index (χ3v) is 4.63. The molecular formula is C20H17FN4O2. The minimum Gasteiger partial charge on any atom is -0.322 e. The molecule has 0 atom stereocenters. The molecule has 0 aliphatic heterocycles. The second kappa shape index (κ2) is 6.35. The van der Waals surface area contributed by atoms with Crippen LogP contribution in [0.15, 0.2) is 53.5 Å². The van der Waals surface area contributed by atoms with Crippen molar-refractivity contribution in [2.75, 3.05) is 5.32 Å². The van der Waals surface area contributed by atoms with Gasteiger partial charge in [-0.3, -0.25) is 9.59 Å². The van der Waals surface area contributed by atoms with Gasteiger partial charge in [-0.2, -0.15) is 5.10 Å². The zero-order valence-corrected chi connectivity index (χ0v) is 14.9. The van der Waals surface area contributed by atoms with E-state index < -0.39 is 5.82 Å². The highest BCUT2D eigenvalue weighted by atomic mass is 19.1. The largest absolute Gasteiger partial charge is 0.322 e. The molecule has 0 saturated heterocycles. The molecule has 1 N–H and O–H groups in total. The van der Waals surface area contributed by atoms with E-state index in [0.29, 0.717) is 28.8 Å². The molecule has 0 spiro atoms. The Morgan fingerprint density at radius 3 is 2.70 bits per heavy atom. The minimum absolute atomic E-state index is 0.166. The lowest BCUT2D eigenvalue weighted by molar-refractivity contribution is 0.102. The van der Waals surface area contributed by atoms with Gasteiger partial charge in [0.2, 0.25) is 0 Å². The average molecular weight is 364 g/mol. The van der Waals surface area contributed by atoms with Crippen molar-refractivity contribution < 1.29 is 9.18 Å². The molecule has 0 saturated carbocycles. The monoisotopic (exact) mass is 364 g/mol. The van der Waals surface area contributed by atoms with E-state index in [9.17, 15) is 14.0 Å². The average Bonchev–Trinajstić information content (AvgIpc) is 3.15. The van der Waals surface area contributed by atoms with Gasteiger partial charge in [0.25, 0.3) is 11.5 Å². The van der Waals surface area contributed by atoms with Gasteiger partial charge in [0.05, 0.1) is 17.2 Å². The standard InChI is InChI=1S/C20H17FN4O2/c1-3-24-18-10-13(19(26)23-15-11-14(21)6-4-12(15)2)5-7-16(18)25-17(20(24)27)8-9-22-25/h4-11H,3H2,1-2H3,(H,23,26). The topological polar surface area (TPSA) is 68.4 Å². The Kier molecular flexibility index (Phi) is 3.99. The molecule has 2 heterocycles. The van der Waals surface area contributed by atoms with Crippen LogP contribution >= 0.6 is 0 Å². The van der Waals surface area contributed by atoms with Gasteiger partial charge in [-0.1, -0.05) is 6.07 Å². The Labute approximate surface area is 153 Å². The molecule has 0 unspecified atom stereocenters. The number of carbonyl (C=O) groups is 1. The van der Waals surface area contributed by atoms with E-state index in [1.165, 1.54) is 12.1 Å². The smallest absolute Gasteiger partial charge is 0.277 e. The maximum atomic E-state index is 13.5.